The minimum atomic E-state index is -0.840. The number of benzene rings is 1. The van der Waals surface area contributed by atoms with Gasteiger partial charge in [-0.1, -0.05) is 18.2 Å². The Balaban J connectivity index is 1.57. The van der Waals surface area contributed by atoms with Crippen LogP contribution < -0.4 is 10.1 Å². The Morgan fingerprint density at radius 2 is 2.19 bits per heavy atom. The van der Waals surface area contributed by atoms with Gasteiger partial charge in [0, 0.05) is 44.5 Å². The lowest BCUT2D eigenvalue weighted by Crippen LogP contribution is -2.59. The minimum Gasteiger partial charge on any atom is -0.497 e. The van der Waals surface area contributed by atoms with Crippen molar-refractivity contribution in [2.24, 2.45) is 0 Å². The topological polar surface area (TPSA) is 63.7 Å². The third kappa shape index (κ3) is 2.95. The Morgan fingerprint density at radius 3 is 2.92 bits per heavy atom. The number of morpholine rings is 1. The second-order valence-corrected chi connectivity index (χ2v) is 6.78. The van der Waals surface area contributed by atoms with E-state index in [1.54, 1.807) is 13.3 Å². The summed E-state index contributed by atoms with van der Waals surface area (Å²) in [4.78, 5) is 19.5. The van der Waals surface area contributed by atoms with Crippen LogP contribution in [0.15, 0.2) is 48.8 Å². The maximum Gasteiger partial charge on any atom is 0.257 e. The standard InChI is InChI=1S/C20H23N3O3/c1-25-17-6-4-15(5-7-17)13-23-9-10-26-20(19(23)24)14-22-12-18(20)16-3-2-8-21-11-16/h2-8,11,18,22H,9-10,12-14H2,1H3/t18-,20-/m1/s1. The molecule has 1 spiro atoms. The van der Waals surface area contributed by atoms with E-state index in [2.05, 4.69) is 10.3 Å². The molecule has 2 aliphatic rings. The van der Waals surface area contributed by atoms with Crippen molar-refractivity contribution in [3.8, 4) is 5.75 Å². The van der Waals surface area contributed by atoms with Crippen LogP contribution in [0.1, 0.15) is 17.0 Å². The van der Waals surface area contributed by atoms with Gasteiger partial charge in [0.25, 0.3) is 5.91 Å². The summed E-state index contributed by atoms with van der Waals surface area (Å²) in [6.45, 7) is 2.97. The van der Waals surface area contributed by atoms with E-state index in [0.29, 0.717) is 32.8 Å². The first kappa shape index (κ1) is 17.0. The third-order valence-electron chi connectivity index (χ3n) is 5.29. The number of pyridine rings is 1. The average Bonchev–Trinajstić information content (AvgIpc) is 3.11. The molecule has 0 aliphatic carbocycles. The number of carbonyl (C=O) groups excluding carboxylic acids is 1. The number of ether oxygens (including phenoxy) is 2. The predicted octanol–water partition coefficient (Wildman–Crippen LogP) is 1.57. The molecule has 0 saturated carbocycles. The van der Waals surface area contributed by atoms with Gasteiger partial charge in [-0.3, -0.25) is 9.78 Å². The van der Waals surface area contributed by atoms with Gasteiger partial charge >= 0.3 is 0 Å². The summed E-state index contributed by atoms with van der Waals surface area (Å²) in [5.74, 6) is 0.843. The maximum atomic E-state index is 13.4. The van der Waals surface area contributed by atoms with E-state index >= 15 is 0 Å². The normalized spacial score (nSPS) is 25.7. The lowest BCUT2D eigenvalue weighted by molar-refractivity contribution is -0.172. The van der Waals surface area contributed by atoms with Crippen LogP contribution in [0.4, 0.5) is 0 Å². The molecule has 2 saturated heterocycles. The molecule has 6 heteroatoms. The molecule has 26 heavy (non-hydrogen) atoms. The summed E-state index contributed by atoms with van der Waals surface area (Å²) in [5.41, 5.74) is 1.28. The highest BCUT2D eigenvalue weighted by atomic mass is 16.5. The molecule has 3 heterocycles. The molecule has 2 aliphatic heterocycles. The van der Waals surface area contributed by atoms with E-state index in [4.69, 9.17) is 9.47 Å². The van der Waals surface area contributed by atoms with Crippen molar-refractivity contribution < 1.29 is 14.3 Å². The molecule has 4 rings (SSSR count). The van der Waals surface area contributed by atoms with E-state index in [1.165, 1.54) is 0 Å². The number of nitrogens with zero attached hydrogens (tertiary/aromatic N) is 2. The van der Waals surface area contributed by atoms with Crippen molar-refractivity contribution in [1.82, 2.24) is 15.2 Å². The summed E-state index contributed by atoms with van der Waals surface area (Å²) in [5, 5.41) is 3.34. The Morgan fingerprint density at radius 1 is 1.35 bits per heavy atom. The van der Waals surface area contributed by atoms with Crippen LogP contribution in [0.3, 0.4) is 0 Å². The molecule has 0 radical (unpaired) electrons. The number of amides is 1. The zero-order valence-electron chi connectivity index (χ0n) is 14.9. The van der Waals surface area contributed by atoms with Gasteiger partial charge < -0.3 is 19.7 Å². The molecule has 1 aromatic carbocycles. The number of hydrogen-bond acceptors (Lipinski definition) is 5. The fourth-order valence-electron chi connectivity index (χ4n) is 3.91. The first-order valence-corrected chi connectivity index (χ1v) is 8.90. The van der Waals surface area contributed by atoms with Crippen LogP contribution in [0.2, 0.25) is 0 Å². The van der Waals surface area contributed by atoms with Crippen LogP contribution in [-0.4, -0.2) is 54.7 Å². The molecule has 1 amide bonds. The Bertz CT molecular complexity index is 766. The van der Waals surface area contributed by atoms with Gasteiger partial charge in [-0.25, -0.2) is 0 Å². The van der Waals surface area contributed by atoms with Gasteiger partial charge in [0.1, 0.15) is 5.75 Å². The zero-order valence-corrected chi connectivity index (χ0v) is 14.9. The third-order valence-corrected chi connectivity index (χ3v) is 5.29. The average molecular weight is 353 g/mol. The summed E-state index contributed by atoms with van der Waals surface area (Å²) in [7, 11) is 1.65. The van der Waals surface area contributed by atoms with Crippen molar-refractivity contribution >= 4 is 5.91 Å². The van der Waals surface area contributed by atoms with Gasteiger partial charge in [0.05, 0.1) is 13.7 Å². The van der Waals surface area contributed by atoms with Gasteiger partial charge in [-0.15, -0.1) is 0 Å². The van der Waals surface area contributed by atoms with Gasteiger partial charge in [0.15, 0.2) is 5.60 Å². The predicted molar refractivity (Wildman–Crippen MR) is 96.9 cm³/mol. The number of rotatable bonds is 4. The fourth-order valence-corrected chi connectivity index (χ4v) is 3.91. The highest BCUT2D eigenvalue weighted by Crippen LogP contribution is 2.38. The number of hydrogen-bond donors (Lipinski definition) is 1. The van der Waals surface area contributed by atoms with Gasteiger partial charge in [0.2, 0.25) is 0 Å². The SMILES string of the molecule is COc1ccc(CN2CCO[C@@]3(CNC[C@@H]3c3cccnc3)C2=O)cc1. The Hall–Kier alpha value is -2.44. The maximum absolute atomic E-state index is 13.4. The number of methoxy groups -OCH3 is 1. The highest BCUT2D eigenvalue weighted by Gasteiger charge is 2.54. The lowest BCUT2D eigenvalue weighted by Gasteiger charge is -2.42. The quantitative estimate of drug-likeness (QED) is 0.904. The van der Waals surface area contributed by atoms with Crippen molar-refractivity contribution in [1.29, 1.82) is 0 Å². The fraction of sp³-hybridized carbons (Fsp3) is 0.400. The number of aromatic nitrogens is 1. The summed E-state index contributed by atoms with van der Waals surface area (Å²) >= 11 is 0. The Kier molecular flexibility index (Phi) is 4.61. The molecule has 2 aromatic rings. The Labute approximate surface area is 153 Å². The monoisotopic (exact) mass is 353 g/mol. The minimum absolute atomic E-state index is 0.0256. The smallest absolute Gasteiger partial charge is 0.257 e. The van der Waals surface area contributed by atoms with E-state index in [-0.39, 0.29) is 11.8 Å². The van der Waals surface area contributed by atoms with Gasteiger partial charge in [-0.2, -0.15) is 0 Å². The molecule has 1 N–H and O–H groups in total. The largest absolute Gasteiger partial charge is 0.497 e. The van der Waals surface area contributed by atoms with Crippen LogP contribution >= 0.6 is 0 Å². The van der Waals surface area contributed by atoms with E-state index < -0.39 is 5.60 Å². The van der Waals surface area contributed by atoms with E-state index in [0.717, 1.165) is 16.9 Å². The summed E-state index contributed by atoms with van der Waals surface area (Å²) in [6.07, 6.45) is 3.58. The molecular formula is C20H23N3O3. The molecule has 2 fully saturated rings. The summed E-state index contributed by atoms with van der Waals surface area (Å²) in [6, 6.07) is 11.8. The van der Waals surface area contributed by atoms with Crippen molar-refractivity contribution in [2.75, 3.05) is 33.4 Å². The van der Waals surface area contributed by atoms with Crippen LogP contribution in [0, 0.1) is 0 Å². The molecule has 6 nitrogen and oxygen atoms in total. The molecule has 1 aromatic heterocycles. The highest BCUT2D eigenvalue weighted by molar-refractivity contribution is 5.88. The molecule has 136 valence electrons. The van der Waals surface area contributed by atoms with Crippen LogP contribution in [0.25, 0.3) is 0 Å². The number of nitrogens with one attached hydrogen (secondary N) is 1. The molecule has 0 bridgehead atoms. The molecular weight excluding hydrogens is 330 g/mol. The number of carbonyl (C=O) groups is 1. The molecule has 0 unspecified atom stereocenters. The van der Waals surface area contributed by atoms with Crippen molar-refractivity contribution in [2.45, 2.75) is 18.1 Å². The second-order valence-electron chi connectivity index (χ2n) is 6.78. The van der Waals surface area contributed by atoms with Crippen molar-refractivity contribution in [3.63, 3.8) is 0 Å². The van der Waals surface area contributed by atoms with E-state index in [9.17, 15) is 4.79 Å². The van der Waals surface area contributed by atoms with Gasteiger partial charge in [-0.05, 0) is 29.3 Å². The first-order valence-electron chi connectivity index (χ1n) is 8.90. The lowest BCUT2D eigenvalue weighted by atomic mass is 9.83. The van der Waals surface area contributed by atoms with Crippen LogP contribution in [-0.2, 0) is 16.1 Å². The molecule has 2 atom stereocenters. The van der Waals surface area contributed by atoms with Crippen LogP contribution in [0.5, 0.6) is 5.75 Å². The summed E-state index contributed by atoms with van der Waals surface area (Å²) < 4.78 is 11.3. The first-order chi connectivity index (χ1) is 12.7. The second kappa shape index (κ2) is 7.05. The zero-order chi connectivity index (χ0) is 18.0. The van der Waals surface area contributed by atoms with E-state index in [1.807, 2.05) is 47.5 Å². The van der Waals surface area contributed by atoms with Crippen molar-refractivity contribution in [3.05, 3.63) is 59.9 Å².